The molecule has 1 aromatic carbocycles. The van der Waals surface area contributed by atoms with Crippen molar-refractivity contribution in [1.82, 2.24) is 0 Å². The lowest BCUT2D eigenvalue weighted by atomic mass is 10.2. The lowest BCUT2D eigenvalue weighted by molar-refractivity contribution is -0.384. The Morgan fingerprint density at radius 2 is 2.18 bits per heavy atom. The molecular formula is C10H7F3N6O3. The Hall–Kier alpha value is -3.36. The molecule has 0 fully saturated rings. The molecule has 0 spiro atoms. The minimum Gasteiger partial charge on any atom is -0.403 e. The standard InChI is InChI=1S/C10H7F3N6O3/c11-10(12,13)22-8-2-1-5(19(20)21)3-6(8)17-18-7(4-14)9(15)16/h1-3,17H,(H3,15,16)/b18-7+. The van der Waals surface area contributed by atoms with Gasteiger partial charge in [-0.3, -0.25) is 20.9 Å². The number of nitro benzene ring substituents is 1. The van der Waals surface area contributed by atoms with Crippen LogP contribution in [0.2, 0.25) is 0 Å². The number of nitrogens with two attached hydrogens (primary N) is 1. The Bertz CT molecular complexity index is 679. The number of hydrazone groups is 1. The molecule has 1 aromatic rings. The molecule has 0 atom stereocenters. The Morgan fingerprint density at radius 3 is 2.64 bits per heavy atom. The number of ether oxygens (including phenoxy) is 1. The molecule has 0 amide bonds. The first kappa shape index (κ1) is 16.7. The highest BCUT2D eigenvalue weighted by molar-refractivity contribution is 6.45. The summed E-state index contributed by atoms with van der Waals surface area (Å²) in [5.41, 5.74) is 5.30. The molecule has 22 heavy (non-hydrogen) atoms. The maximum atomic E-state index is 12.2. The molecule has 12 heteroatoms. The maximum absolute atomic E-state index is 12.2. The molecule has 0 aliphatic rings. The van der Waals surface area contributed by atoms with Crippen molar-refractivity contribution in [3.8, 4) is 11.8 Å². The zero-order chi connectivity index (χ0) is 16.9. The van der Waals surface area contributed by atoms with E-state index in [1.807, 2.05) is 5.43 Å². The second kappa shape index (κ2) is 6.39. The van der Waals surface area contributed by atoms with Crippen molar-refractivity contribution in [3.63, 3.8) is 0 Å². The van der Waals surface area contributed by atoms with Gasteiger partial charge in [-0.05, 0) is 6.07 Å². The van der Waals surface area contributed by atoms with Crippen LogP contribution in [-0.4, -0.2) is 22.8 Å². The highest BCUT2D eigenvalue weighted by atomic mass is 19.4. The van der Waals surface area contributed by atoms with Crippen LogP contribution in [-0.2, 0) is 0 Å². The van der Waals surface area contributed by atoms with Crippen LogP contribution in [0.25, 0.3) is 0 Å². The fourth-order valence-corrected chi connectivity index (χ4v) is 1.19. The van der Waals surface area contributed by atoms with Crippen molar-refractivity contribution in [2.45, 2.75) is 6.36 Å². The number of hydrogen-bond donors (Lipinski definition) is 3. The maximum Gasteiger partial charge on any atom is 0.573 e. The van der Waals surface area contributed by atoms with Crippen molar-refractivity contribution >= 4 is 22.9 Å². The molecule has 116 valence electrons. The largest absolute Gasteiger partial charge is 0.573 e. The van der Waals surface area contributed by atoms with Crippen molar-refractivity contribution in [2.24, 2.45) is 10.8 Å². The van der Waals surface area contributed by atoms with E-state index in [1.54, 1.807) is 0 Å². The second-order valence-electron chi connectivity index (χ2n) is 3.58. The fraction of sp³-hybridized carbons (Fsp3) is 0.100. The summed E-state index contributed by atoms with van der Waals surface area (Å²) in [6, 6.07) is 3.65. The Morgan fingerprint density at radius 1 is 1.55 bits per heavy atom. The average molecular weight is 316 g/mol. The minimum absolute atomic E-state index is 0.527. The SMILES string of the molecule is N#C/C(=N\Nc1cc([N+](=O)[O-])ccc1OC(F)(F)F)C(=N)N. The predicted octanol–water partition coefficient (Wildman–Crippen LogP) is 1.72. The lowest BCUT2D eigenvalue weighted by Gasteiger charge is -2.12. The second-order valence-corrected chi connectivity index (χ2v) is 3.58. The summed E-state index contributed by atoms with van der Waals surface area (Å²) >= 11 is 0. The van der Waals surface area contributed by atoms with E-state index in [1.165, 1.54) is 6.07 Å². The van der Waals surface area contributed by atoms with Crippen LogP contribution in [0.1, 0.15) is 0 Å². The van der Waals surface area contributed by atoms with Gasteiger partial charge in [0.15, 0.2) is 11.6 Å². The van der Waals surface area contributed by atoms with Gasteiger partial charge in [-0.25, -0.2) is 0 Å². The molecule has 0 bridgehead atoms. The smallest absolute Gasteiger partial charge is 0.403 e. The van der Waals surface area contributed by atoms with Gasteiger partial charge in [0, 0.05) is 12.1 Å². The summed E-state index contributed by atoms with van der Waals surface area (Å²) in [5.74, 6) is -1.54. The van der Waals surface area contributed by atoms with Gasteiger partial charge in [0.25, 0.3) is 5.69 Å². The molecule has 0 radical (unpaired) electrons. The molecule has 1 rings (SSSR count). The Labute approximate surface area is 120 Å². The van der Waals surface area contributed by atoms with E-state index in [-0.39, 0.29) is 0 Å². The molecule has 4 N–H and O–H groups in total. The van der Waals surface area contributed by atoms with E-state index in [0.29, 0.717) is 6.07 Å². The van der Waals surface area contributed by atoms with Gasteiger partial charge in [0.05, 0.1) is 4.92 Å². The van der Waals surface area contributed by atoms with Crippen LogP contribution < -0.4 is 15.9 Å². The number of anilines is 1. The molecule has 0 unspecified atom stereocenters. The van der Waals surface area contributed by atoms with E-state index in [0.717, 1.165) is 12.1 Å². The molecule has 0 aromatic heterocycles. The van der Waals surface area contributed by atoms with Gasteiger partial charge >= 0.3 is 6.36 Å². The summed E-state index contributed by atoms with van der Waals surface area (Å²) in [4.78, 5) is 9.78. The molecule has 0 heterocycles. The number of amidine groups is 1. The van der Waals surface area contributed by atoms with E-state index in [9.17, 15) is 23.3 Å². The number of benzene rings is 1. The van der Waals surface area contributed by atoms with Gasteiger partial charge in [-0.1, -0.05) is 0 Å². The zero-order valence-corrected chi connectivity index (χ0v) is 10.5. The van der Waals surface area contributed by atoms with Gasteiger partial charge in [-0.2, -0.15) is 10.4 Å². The number of nitriles is 1. The number of nitrogens with zero attached hydrogens (tertiary/aromatic N) is 3. The number of nitro groups is 1. The van der Waals surface area contributed by atoms with E-state index < -0.39 is 40.0 Å². The summed E-state index contributed by atoms with van der Waals surface area (Å²) < 4.78 is 40.4. The van der Waals surface area contributed by atoms with Crippen molar-refractivity contribution in [2.75, 3.05) is 5.43 Å². The predicted molar refractivity (Wildman–Crippen MR) is 68.4 cm³/mol. The summed E-state index contributed by atoms with van der Waals surface area (Å²) in [6.45, 7) is 0. The monoisotopic (exact) mass is 316 g/mol. The highest BCUT2D eigenvalue weighted by Gasteiger charge is 2.32. The summed E-state index contributed by atoms with van der Waals surface area (Å²) in [6.07, 6.45) is -5.03. The van der Waals surface area contributed by atoms with Gasteiger partial charge in [0.2, 0.25) is 5.71 Å². The van der Waals surface area contributed by atoms with Gasteiger partial charge < -0.3 is 10.5 Å². The topological polar surface area (TPSA) is 150 Å². The summed E-state index contributed by atoms with van der Waals surface area (Å²) in [7, 11) is 0. The number of hydrogen-bond acceptors (Lipinski definition) is 7. The number of nitrogens with one attached hydrogen (secondary N) is 2. The van der Waals surface area contributed by atoms with E-state index >= 15 is 0 Å². The first-order valence-corrected chi connectivity index (χ1v) is 5.26. The highest BCUT2D eigenvalue weighted by Crippen LogP contribution is 2.33. The minimum atomic E-state index is -5.03. The van der Waals surface area contributed by atoms with Crippen LogP contribution >= 0.6 is 0 Å². The normalized spacial score (nSPS) is 11.5. The number of halogens is 3. The van der Waals surface area contributed by atoms with Crippen molar-refractivity contribution < 1.29 is 22.8 Å². The summed E-state index contributed by atoms with van der Waals surface area (Å²) in [5, 5.41) is 29.5. The van der Waals surface area contributed by atoms with Crippen molar-refractivity contribution in [3.05, 3.63) is 28.3 Å². The molecule has 9 nitrogen and oxygen atoms in total. The van der Waals surface area contributed by atoms with Crippen LogP contribution in [0.15, 0.2) is 23.3 Å². The molecule has 0 aliphatic heterocycles. The van der Waals surface area contributed by atoms with Crippen molar-refractivity contribution in [1.29, 1.82) is 10.7 Å². The molecular weight excluding hydrogens is 309 g/mol. The lowest BCUT2D eigenvalue weighted by Crippen LogP contribution is -2.22. The van der Waals surface area contributed by atoms with Crippen LogP contribution in [0.4, 0.5) is 24.5 Å². The van der Waals surface area contributed by atoms with E-state index in [4.69, 9.17) is 16.4 Å². The third-order valence-electron chi connectivity index (χ3n) is 2.05. The fourth-order valence-electron chi connectivity index (χ4n) is 1.19. The van der Waals surface area contributed by atoms with Crippen LogP contribution in [0.5, 0.6) is 5.75 Å². The first-order chi connectivity index (χ1) is 10.1. The van der Waals surface area contributed by atoms with Crippen LogP contribution in [0.3, 0.4) is 0 Å². The third-order valence-corrected chi connectivity index (χ3v) is 2.05. The number of rotatable bonds is 5. The Kier molecular flexibility index (Phi) is 4.85. The van der Waals surface area contributed by atoms with Gasteiger partial charge in [-0.15, -0.1) is 13.2 Å². The number of non-ortho nitro benzene ring substituents is 1. The van der Waals surface area contributed by atoms with E-state index in [2.05, 4.69) is 9.84 Å². The van der Waals surface area contributed by atoms with Crippen LogP contribution in [0, 0.1) is 26.9 Å². The van der Waals surface area contributed by atoms with Gasteiger partial charge in [0.1, 0.15) is 11.8 Å². The molecule has 0 saturated carbocycles. The third kappa shape index (κ3) is 4.63. The Balaban J connectivity index is 3.23. The number of alkyl halides is 3. The quantitative estimate of drug-likeness (QED) is 0.325. The molecule has 0 saturated heterocycles. The average Bonchev–Trinajstić information content (AvgIpc) is 2.38. The molecule has 0 aliphatic carbocycles. The zero-order valence-electron chi connectivity index (χ0n) is 10.5. The first-order valence-electron chi connectivity index (χ1n) is 5.26.